The van der Waals surface area contributed by atoms with E-state index in [1.54, 1.807) is 5.51 Å². The molecule has 4 aromatic rings. The number of carbonyl (C=O) groups is 1. The second-order valence-electron chi connectivity index (χ2n) is 6.39. The highest BCUT2D eigenvalue weighted by atomic mass is 32.1. The molecular formula is C21H19N3OS. The zero-order valence-corrected chi connectivity index (χ0v) is 15.5. The van der Waals surface area contributed by atoms with Crippen LogP contribution in [-0.2, 0) is 6.54 Å². The van der Waals surface area contributed by atoms with Crippen molar-refractivity contribution in [3.05, 3.63) is 81.9 Å². The molecular weight excluding hydrogens is 342 g/mol. The lowest BCUT2D eigenvalue weighted by Crippen LogP contribution is -2.11. The van der Waals surface area contributed by atoms with Crippen LogP contribution in [0, 0.1) is 13.8 Å². The molecule has 5 heteroatoms. The molecule has 0 saturated carbocycles. The molecule has 0 radical (unpaired) electrons. The largest absolute Gasteiger partial charge is 0.341 e. The van der Waals surface area contributed by atoms with Gasteiger partial charge in [-0.25, -0.2) is 4.98 Å². The lowest BCUT2D eigenvalue weighted by atomic mass is 10.1. The van der Waals surface area contributed by atoms with Crippen molar-refractivity contribution in [1.29, 1.82) is 0 Å². The molecule has 0 spiro atoms. The number of amides is 1. The van der Waals surface area contributed by atoms with E-state index in [0.29, 0.717) is 4.88 Å². The summed E-state index contributed by atoms with van der Waals surface area (Å²) in [5.74, 6) is -0.108. The number of nitrogens with one attached hydrogen (secondary N) is 1. The Bertz CT molecular complexity index is 1080. The van der Waals surface area contributed by atoms with E-state index in [9.17, 15) is 4.79 Å². The number of anilines is 1. The molecule has 0 saturated heterocycles. The number of hydrogen-bond acceptors (Lipinski definition) is 3. The van der Waals surface area contributed by atoms with Gasteiger partial charge in [0, 0.05) is 18.1 Å². The van der Waals surface area contributed by atoms with E-state index >= 15 is 0 Å². The number of aromatic nitrogens is 2. The molecule has 0 fully saturated rings. The van der Waals surface area contributed by atoms with Gasteiger partial charge in [0.2, 0.25) is 0 Å². The van der Waals surface area contributed by atoms with Gasteiger partial charge in [-0.3, -0.25) is 4.79 Å². The Morgan fingerprint density at radius 2 is 1.88 bits per heavy atom. The maximum Gasteiger partial charge on any atom is 0.267 e. The lowest BCUT2D eigenvalue weighted by Gasteiger charge is -2.05. The monoisotopic (exact) mass is 361 g/mol. The first kappa shape index (κ1) is 16.5. The lowest BCUT2D eigenvalue weighted by molar-refractivity contribution is 0.103. The highest BCUT2D eigenvalue weighted by Crippen LogP contribution is 2.28. The molecule has 4 rings (SSSR count). The standard InChI is InChI=1S/C21H19N3OS/c1-14-7-9-16(10-8-14)11-24-12-18(17-5-3-4-6-19(17)24)23-21(25)20-15(2)22-13-26-20/h3-10,12-13H,11H2,1-2H3,(H,23,25). The average Bonchev–Trinajstić information content (AvgIpc) is 3.22. The van der Waals surface area contributed by atoms with Crippen LogP contribution in [0.1, 0.15) is 26.5 Å². The number of nitrogens with zero attached hydrogens (tertiary/aromatic N) is 2. The van der Waals surface area contributed by atoms with E-state index in [1.165, 1.54) is 22.5 Å². The minimum atomic E-state index is -0.108. The minimum Gasteiger partial charge on any atom is -0.341 e. The van der Waals surface area contributed by atoms with Crippen LogP contribution < -0.4 is 5.32 Å². The fourth-order valence-corrected chi connectivity index (χ4v) is 3.76. The fraction of sp³-hybridized carbons (Fsp3) is 0.143. The molecule has 0 atom stereocenters. The van der Waals surface area contributed by atoms with Gasteiger partial charge in [0.1, 0.15) is 4.88 Å². The van der Waals surface area contributed by atoms with Crippen LogP contribution in [0.25, 0.3) is 10.9 Å². The summed E-state index contributed by atoms with van der Waals surface area (Å²) in [7, 11) is 0. The molecule has 2 heterocycles. The zero-order chi connectivity index (χ0) is 18.1. The van der Waals surface area contributed by atoms with E-state index in [2.05, 4.69) is 52.1 Å². The van der Waals surface area contributed by atoms with E-state index in [0.717, 1.165) is 28.8 Å². The van der Waals surface area contributed by atoms with Crippen LogP contribution in [-0.4, -0.2) is 15.5 Å². The first-order chi connectivity index (χ1) is 12.6. The molecule has 2 aromatic carbocycles. The first-order valence-corrected chi connectivity index (χ1v) is 9.34. The number of fused-ring (bicyclic) bond motifs is 1. The third-order valence-corrected chi connectivity index (χ3v) is 5.39. The summed E-state index contributed by atoms with van der Waals surface area (Å²) in [6, 6.07) is 16.7. The van der Waals surface area contributed by atoms with Crippen molar-refractivity contribution < 1.29 is 4.79 Å². The first-order valence-electron chi connectivity index (χ1n) is 8.46. The van der Waals surface area contributed by atoms with E-state index in [4.69, 9.17) is 0 Å². The minimum absolute atomic E-state index is 0.108. The summed E-state index contributed by atoms with van der Waals surface area (Å²) < 4.78 is 2.18. The molecule has 0 bridgehead atoms. The maximum absolute atomic E-state index is 12.6. The van der Waals surface area contributed by atoms with Gasteiger partial charge in [-0.2, -0.15) is 0 Å². The van der Waals surface area contributed by atoms with Gasteiger partial charge in [-0.1, -0.05) is 48.0 Å². The van der Waals surface area contributed by atoms with Crippen molar-refractivity contribution in [1.82, 2.24) is 9.55 Å². The molecule has 26 heavy (non-hydrogen) atoms. The van der Waals surface area contributed by atoms with Crippen LogP contribution in [0.15, 0.2) is 60.2 Å². The third-order valence-electron chi connectivity index (χ3n) is 4.46. The highest BCUT2D eigenvalue weighted by Gasteiger charge is 2.15. The molecule has 1 amide bonds. The van der Waals surface area contributed by atoms with Crippen molar-refractivity contribution in [2.75, 3.05) is 5.32 Å². The third kappa shape index (κ3) is 3.13. The molecule has 0 aliphatic rings. The number of thiazole rings is 1. The van der Waals surface area contributed by atoms with Crippen LogP contribution >= 0.6 is 11.3 Å². The van der Waals surface area contributed by atoms with Gasteiger partial charge in [0.15, 0.2) is 0 Å². The summed E-state index contributed by atoms with van der Waals surface area (Å²) >= 11 is 1.36. The van der Waals surface area contributed by atoms with Crippen molar-refractivity contribution in [3.8, 4) is 0 Å². The number of hydrogen-bond donors (Lipinski definition) is 1. The Balaban J connectivity index is 1.68. The smallest absolute Gasteiger partial charge is 0.267 e. The van der Waals surface area contributed by atoms with E-state index < -0.39 is 0 Å². The summed E-state index contributed by atoms with van der Waals surface area (Å²) in [4.78, 5) is 17.4. The van der Waals surface area contributed by atoms with Crippen molar-refractivity contribution in [3.63, 3.8) is 0 Å². The highest BCUT2D eigenvalue weighted by molar-refractivity contribution is 7.12. The summed E-state index contributed by atoms with van der Waals surface area (Å²) in [5.41, 5.74) is 6.86. The second-order valence-corrected chi connectivity index (χ2v) is 7.25. The van der Waals surface area contributed by atoms with Crippen LogP contribution in [0.2, 0.25) is 0 Å². The number of rotatable bonds is 4. The molecule has 1 N–H and O–H groups in total. The predicted octanol–water partition coefficient (Wildman–Crippen LogP) is 5.02. The second kappa shape index (κ2) is 6.77. The van der Waals surface area contributed by atoms with E-state index in [-0.39, 0.29) is 5.91 Å². The average molecular weight is 361 g/mol. The van der Waals surface area contributed by atoms with Gasteiger partial charge in [0.05, 0.1) is 22.4 Å². The van der Waals surface area contributed by atoms with Gasteiger partial charge in [-0.05, 0) is 25.5 Å². The van der Waals surface area contributed by atoms with Crippen molar-refractivity contribution in [2.45, 2.75) is 20.4 Å². The Morgan fingerprint density at radius 1 is 1.12 bits per heavy atom. The number of para-hydroxylation sites is 1. The quantitative estimate of drug-likeness (QED) is 0.555. The van der Waals surface area contributed by atoms with Crippen molar-refractivity contribution in [2.24, 2.45) is 0 Å². The molecule has 4 nitrogen and oxygen atoms in total. The molecule has 0 aliphatic heterocycles. The SMILES string of the molecule is Cc1ccc(Cn2cc(NC(=O)c3scnc3C)c3ccccc32)cc1. The van der Waals surface area contributed by atoms with Gasteiger partial charge in [0.25, 0.3) is 5.91 Å². The zero-order valence-electron chi connectivity index (χ0n) is 14.7. The molecule has 130 valence electrons. The van der Waals surface area contributed by atoms with Crippen LogP contribution in [0.4, 0.5) is 5.69 Å². The van der Waals surface area contributed by atoms with Crippen LogP contribution in [0.5, 0.6) is 0 Å². The van der Waals surface area contributed by atoms with Gasteiger partial charge in [-0.15, -0.1) is 11.3 Å². The van der Waals surface area contributed by atoms with Crippen LogP contribution in [0.3, 0.4) is 0 Å². The molecule has 2 aromatic heterocycles. The summed E-state index contributed by atoms with van der Waals surface area (Å²) in [6.45, 7) is 4.70. The van der Waals surface area contributed by atoms with Gasteiger partial charge < -0.3 is 9.88 Å². The topological polar surface area (TPSA) is 46.9 Å². The Kier molecular flexibility index (Phi) is 4.31. The van der Waals surface area contributed by atoms with Crippen molar-refractivity contribution >= 4 is 33.8 Å². The Morgan fingerprint density at radius 3 is 2.62 bits per heavy atom. The molecule has 0 unspecified atom stereocenters. The van der Waals surface area contributed by atoms with Gasteiger partial charge >= 0.3 is 0 Å². The normalized spacial score (nSPS) is 11.0. The summed E-state index contributed by atoms with van der Waals surface area (Å²) in [6.07, 6.45) is 2.01. The maximum atomic E-state index is 12.6. The summed E-state index contributed by atoms with van der Waals surface area (Å²) in [5, 5.41) is 4.09. The predicted molar refractivity (Wildman–Crippen MR) is 107 cm³/mol. The van der Waals surface area contributed by atoms with E-state index in [1.807, 2.05) is 31.3 Å². The number of benzene rings is 2. The number of aryl methyl sites for hydroxylation is 2. The number of carbonyl (C=O) groups excluding carboxylic acids is 1. The molecule has 0 aliphatic carbocycles. The fourth-order valence-electron chi connectivity index (χ4n) is 3.07. The Labute approximate surface area is 156 Å². The Hall–Kier alpha value is -2.92.